The van der Waals surface area contributed by atoms with Crippen LogP contribution in [0.15, 0.2) is 46.4 Å². The quantitative estimate of drug-likeness (QED) is 0.455. The molecule has 0 radical (unpaired) electrons. The maximum absolute atomic E-state index is 13.0. The molecule has 0 spiro atoms. The van der Waals surface area contributed by atoms with Crippen molar-refractivity contribution in [2.45, 2.75) is 29.8 Å². The predicted molar refractivity (Wildman–Crippen MR) is 98.2 cm³/mol. The van der Waals surface area contributed by atoms with Crippen molar-refractivity contribution in [3.63, 3.8) is 0 Å². The molecule has 26 heavy (non-hydrogen) atoms. The Labute approximate surface area is 155 Å². The average Bonchev–Trinajstić information content (AvgIpc) is 2.97. The van der Waals surface area contributed by atoms with Crippen LogP contribution in [-0.4, -0.2) is 34.6 Å². The highest BCUT2D eigenvalue weighted by Gasteiger charge is 2.36. The molecule has 0 fully saturated rings. The minimum absolute atomic E-state index is 0.0113. The van der Waals surface area contributed by atoms with Gasteiger partial charge in [-0.15, -0.1) is 11.8 Å². The first kappa shape index (κ1) is 20.2. The predicted octanol–water partition coefficient (Wildman–Crippen LogP) is 3.28. The van der Waals surface area contributed by atoms with E-state index in [1.54, 1.807) is 18.8 Å². The standard InChI is InChI=1S/C17H22F3N5S/c1-12(26-14-7-5-4-6-8-14)9-22-16(21-2)23-10-13-11-25(3)24-15(13)17(18,19)20/h4-8,11-12H,9-10H2,1-3H3,(H2,21,22,23). The van der Waals surface area contributed by atoms with Crippen molar-refractivity contribution in [2.75, 3.05) is 13.6 Å². The van der Waals surface area contributed by atoms with Crippen LogP contribution in [0.5, 0.6) is 0 Å². The molecule has 9 heteroatoms. The van der Waals surface area contributed by atoms with Crippen molar-refractivity contribution in [2.24, 2.45) is 12.0 Å². The zero-order chi connectivity index (χ0) is 19.2. The molecule has 0 amide bonds. The topological polar surface area (TPSA) is 54.2 Å². The van der Waals surface area contributed by atoms with E-state index in [1.807, 2.05) is 30.3 Å². The summed E-state index contributed by atoms with van der Waals surface area (Å²) < 4.78 is 40.1. The van der Waals surface area contributed by atoms with Crippen LogP contribution < -0.4 is 10.6 Å². The third-order valence-electron chi connectivity index (χ3n) is 3.48. The lowest BCUT2D eigenvalue weighted by Crippen LogP contribution is -2.39. The van der Waals surface area contributed by atoms with E-state index < -0.39 is 11.9 Å². The van der Waals surface area contributed by atoms with Gasteiger partial charge in [-0.2, -0.15) is 18.3 Å². The molecule has 0 aliphatic heterocycles. The fraction of sp³-hybridized carbons (Fsp3) is 0.412. The Hall–Kier alpha value is -2.16. The number of hydrogen-bond acceptors (Lipinski definition) is 3. The third-order valence-corrected chi connectivity index (χ3v) is 4.59. The van der Waals surface area contributed by atoms with E-state index in [-0.39, 0.29) is 17.4 Å². The Bertz CT molecular complexity index is 728. The minimum Gasteiger partial charge on any atom is -0.355 e. The van der Waals surface area contributed by atoms with E-state index in [0.29, 0.717) is 12.5 Å². The average molecular weight is 385 g/mol. The highest BCUT2D eigenvalue weighted by molar-refractivity contribution is 8.00. The summed E-state index contributed by atoms with van der Waals surface area (Å²) in [5.41, 5.74) is -0.800. The normalized spacial score (nSPS) is 13.5. The van der Waals surface area contributed by atoms with E-state index in [4.69, 9.17) is 0 Å². The molecule has 2 rings (SSSR count). The molecule has 0 saturated carbocycles. The number of halogens is 3. The van der Waals surface area contributed by atoms with Gasteiger partial charge in [-0.25, -0.2) is 0 Å². The molecule has 2 N–H and O–H groups in total. The first-order valence-corrected chi connectivity index (χ1v) is 8.93. The van der Waals surface area contributed by atoms with Gasteiger partial charge in [0.2, 0.25) is 0 Å². The van der Waals surface area contributed by atoms with Gasteiger partial charge in [-0.05, 0) is 12.1 Å². The van der Waals surface area contributed by atoms with Crippen LogP contribution in [0.3, 0.4) is 0 Å². The van der Waals surface area contributed by atoms with Gasteiger partial charge in [0, 0.05) is 49.1 Å². The molecule has 0 saturated heterocycles. The molecule has 1 aromatic heterocycles. The van der Waals surface area contributed by atoms with E-state index in [0.717, 1.165) is 9.58 Å². The number of hydrogen-bond donors (Lipinski definition) is 2. The number of thioether (sulfide) groups is 1. The molecule has 0 aliphatic rings. The lowest BCUT2D eigenvalue weighted by Gasteiger charge is -2.16. The Kier molecular flexibility index (Phi) is 6.96. The zero-order valence-corrected chi connectivity index (χ0v) is 15.7. The van der Waals surface area contributed by atoms with Crippen LogP contribution in [-0.2, 0) is 19.8 Å². The molecule has 1 atom stereocenters. The van der Waals surface area contributed by atoms with Gasteiger partial charge in [0.15, 0.2) is 11.7 Å². The van der Waals surface area contributed by atoms with Gasteiger partial charge in [-0.1, -0.05) is 25.1 Å². The molecular formula is C17H22F3N5S. The summed E-state index contributed by atoms with van der Waals surface area (Å²) in [7, 11) is 3.05. The lowest BCUT2D eigenvalue weighted by atomic mass is 10.2. The number of rotatable bonds is 6. The van der Waals surface area contributed by atoms with Crippen LogP contribution in [0.25, 0.3) is 0 Å². The molecule has 1 aromatic carbocycles. The van der Waals surface area contributed by atoms with Crippen molar-refractivity contribution in [1.82, 2.24) is 20.4 Å². The smallest absolute Gasteiger partial charge is 0.355 e. The van der Waals surface area contributed by atoms with Crippen molar-refractivity contribution in [3.8, 4) is 0 Å². The summed E-state index contributed by atoms with van der Waals surface area (Å²) >= 11 is 1.71. The van der Waals surface area contributed by atoms with Gasteiger partial charge < -0.3 is 10.6 Å². The Balaban J connectivity index is 1.87. The Morgan fingerprint density at radius 2 is 1.96 bits per heavy atom. The fourth-order valence-corrected chi connectivity index (χ4v) is 3.26. The van der Waals surface area contributed by atoms with Gasteiger partial charge in [-0.3, -0.25) is 9.67 Å². The van der Waals surface area contributed by atoms with Crippen molar-refractivity contribution < 1.29 is 13.2 Å². The number of alkyl halides is 3. The molecule has 0 aliphatic carbocycles. The summed E-state index contributed by atoms with van der Waals surface area (Å²) in [5.74, 6) is 0.447. The number of aliphatic imine (C=N–C) groups is 1. The number of nitrogens with one attached hydrogen (secondary N) is 2. The Morgan fingerprint density at radius 3 is 2.58 bits per heavy atom. The van der Waals surface area contributed by atoms with Crippen LogP contribution in [0.1, 0.15) is 18.2 Å². The summed E-state index contributed by atoms with van der Waals surface area (Å²) in [6.45, 7) is 2.68. The summed E-state index contributed by atoms with van der Waals surface area (Å²) in [4.78, 5) is 5.22. The van der Waals surface area contributed by atoms with Crippen LogP contribution in [0.2, 0.25) is 0 Å². The summed E-state index contributed by atoms with van der Waals surface area (Å²) in [6.07, 6.45) is -3.12. The van der Waals surface area contributed by atoms with Gasteiger partial charge in [0.1, 0.15) is 0 Å². The molecule has 142 valence electrons. The largest absolute Gasteiger partial charge is 0.435 e. The molecule has 5 nitrogen and oxygen atoms in total. The number of aryl methyl sites for hydroxylation is 1. The van der Waals surface area contributed by atoms with Gasteiger partial charge in [0.25, 0.3) is 0 Å². The van der Waals surface area contributed by atoms with E-state index >= 15 is 0 Å². The summed E-state index contributed by atoms with van der Waals surface area (Å²) in [6, 6.07) is 10.0. The van der Waals surface area contributed by atoms with Gasteiger partial charge >= 0.3 is 6.18 Å². The van der Waals surface area contributed by atoms with Crippen molar-refractivity contribution in [3.05, 3.63) is 47.8 Å². The highest BCUT2D eigenvalue weighted by atomic mass is 32.2. The third kappa shape index (κ3) is 5.98. The second-order valence-corrected chi connectivity index (χ2v) is 7.23. The fourth-order valence-electron chi connectivity index (χ4n) is 2.32. The van der Waals surface area contributed by atoms with Crippen LogP contribution >= 0.6 is 11.8 Å². The number of benzene rings is 1. The molecule has 1 heterocycles. The maximum Gasteiger partial charge on any atom is 0.435 e. The van der Waals surface area contributed by atoms with Crippen molar-refractivity contribution in [1.29, 1.82) is 0 Å². The van der Waals surface area contributed by atoms with Crippen molar-refractivity contribution >= 4 is 17.7 Å². The number of guanidine groups is 1. The maximum atomic E-state index is 13.0. The first-order chi connectivity index (χ1) is 12.3. The zero-order valence-electron chi connectivity index (χ0n) is 14.8. The minimum atomic E-state index is -4.48. The second kappa shape index (κ2) is 8.98. The second-order valence-electron chi connectivity index (χ2n) is 5.72. The Morgan fingerprint density at radius 1 is 1.27 bits per heavy atom. The van der Waals surface area contributed by atoms with E-state index in [2.05, 4.69) is 27.6 Å². The first-order valence-electron chi connectivity index (χ1n) is 8.05. The SMILES string of the molecule is CN=C(NCc1cn(C)nc1C(F)(F)F)NCC(C)Sc1ccccc1. The monoisotopic (exact) mass is 385 g/mol. The number of aromatic nitrogens is 2. The lowest BCUT2D eigenvalue weighted by molar-refractivity contribution is -0.142. The highest BCUT2D eigenvalue weighted by Crippen LogP contribution is 2.30. The molecule has 1 unspecified atom stereocenters. The van der Waals surface area contributed by atoms with E-state index in [1.165, 1.54) is 13.2 Å². The van der Waals surface area contributed by atoms with E-state index in [9.17, 15) is 13.2 Å². The molecule has 2 aromatic rings. The van der Waals surface area contributed by atoms with Crippen LogP contribution in [0.4, 0.5) is 13.2 Å². The van der Waals surface area contributed by atoms with Gasteiger partial charge in [0.05, 0.1) is 0 Å². The number of nitrogens with zero attached hydrogens (tertiary/aromatic N) is 3. The van der Waals surface area contributed by atoms with Crippen LogP contribution in [0, 0.1) is 0 Å². The molecular weight excluding hydrogens is 363 g/mol. The summed E-state index contributed by atoms with van der Waals surface area (Å²) in [5, 5.41) is 9.80. The molecule has 0 bridgehead atoms.